The minimum Gasteiger partial charge on any atom is -0.368 e. The quantitative estimate of drug-likeness (QED) is 0.873. The molecule has 2 amide bonds. The number of rotatable bonds is 5. The lowest BCUT2D eigenvalue weighted by atomic mass is 10.1. The third-order valence-corrected chi connectivity index (χ3v) is 4.68. The van der Waals surface area contributed by atoms with Crippen molar-refractivity contribution < 1.29 is 14.0 Å². The van der Waals surface area contributed by atoms with E-state index in [1.165, 1.54) is 12.1 Å². The Morgan fingerprint density at radius 3 is 2.48 bits per heavy atom. The van der Waals surface area contributed by atoms with Gasteiger partial charge < -0.3 is 15.1 Å². The van der Waals surface area contributed by atoms with Crippen molar-refractivity contribution in [3.05, 3.63) is 59.7 Å². The van der Waals surface area contributed by atoms with E-state index in [1.54, 1.807) is 31.3 Å². The Balaban J connectivity index is 1.54. The Hall–Kier alpha value is -2.96. The molecule has 3 rings (SSSR count). The molecule has 0 unspecified atom stereocenters. The van der Waals surface area contributed by atoms with Crippen molar-refractivity contribution in [2.75, 3.05) is 37.6 Å². The van der Waals surface area contributed by atoms with E-state index in [9.17, 15) is 14.0 Å². The number of hydrogen-bond acceptors (Lipinski definition) is 4. The van der Waals surface area contributed by atoms with Crippen molar-refractivity contribution in [3.8, 4) is 0 Å². The van der Waals surface area contributed by atoms with Crippen LogP contribution in [0.4, 0.5) is 10.1 Å². The molecule has 0 bridgehead atoms. The number of benzene rings is 1. The van der Waals surface area contributed by atoms with Gasteiger partial charge in [0.25, 0.3) is 5.91 Å². The topological polar surface area (TPSA) is 65.5 Å². The van der Waals surface area contributed by atoms with E-state index in [-0.39, 0.29) is 17.6 Å². The summed E-state index contributed by atoms with van der Waals surface area (Å²) < 4.78 is 12.9. The monoisotopic (exact) mass is 370 g/mol. The second kappa shape index (κ2) is 8.62. The minimum absolute atomic E-state index is 0.0885. The molecule has 0 radical (unpaired) electrons. The summed E-state index contributed by atoms with van der Waals surface area (Å²) in [6.07, 6.45) is 2.25. The van der Waals surface area contributed by atoms with Gasteiger partial charge in [-0.05, 0) is 36.2 Å². The highest BCUT2D eigenvalue weighted by Crippen LogP contribution is 2.17. The molecular formula is C20H23FN4O2. The minimum atomic E-state index is -0.270. The molecule has 1 fully saturated rings. The molecule has 6 nitrogen and oxygen atoms in total. The number of hydrogen-bond donors (Lipinski definition) is 1. The normalized spacial score (nSPS) is 14.1. The first-order chi connectivity index (χ1) is 13.0. The van der Waals surface area contributed by atoms with Crippen LogP contribution >= 0.6 is 0 Å². The van der Waals surface area contributed by atoms with E-state index in [2.05, 4.69) is 15.2 Å². The van der Waals surface area contributed by atoms with Crippen LogP contribution in [0.2, 0.25) is 0 Å². The van der Waals surface area contributed by atoms with E-state index >= 15 is 0 Å². The van der Waals surface area contributed by atoms with Crippen molar-refractivity contribution in [3.63, 3.8) is 0 Å². The number of anilines is 1. The zero-order valence-electron chi connectivity index (χ0n) is 15.3. The lowest BCUT2D eigenvalue weighted by Gasteiger charge is -2.35. The van der Waals surface area contributed by atoms with Gasteiger partial charge in [-0.25, -0.2) is 4.39 Å². The smallest absolute Gasteiger partial charge is 0.269 e. The molecule has 0 atom stereocenters. The predicted molar refractivity (Wildman–Crippen MR) is 101 cm³/mol. The van der Waals surface area contributed by atoms with Crippen molar-refractivity contribution >= 4 is 17.5 Å². The lowest BCUT2D eigenvalue weighted by molar-refractivity contribution is -0.129. The van der Waals surface area contributed by atoms with Crippen LogP contribution in [0.3, 0.4) is 0 Å². The first-order valence-corrected chi connectivity index (χ1v) is 9.02. The highest BCUT2D eigenvalue weighted by molar-refractivity contribution is 5.93. The van der Waals surface area contributed by atoms with Crippen LogP contribution in [0.1, 0.15) is 23.0 Å². The highest BCUT2D eigenvalue weighted by Gasteiger charge is 2.19. The molecule has 0 aliphatic carbocycles. The standard InChI is InChI=1S/C20H23FN4O2/c1-15(26)24-10-12-25(13-11-24)18-7-9-22-19(14-18)20(27)23-8-6-16-2-4-17(21)5-3-16/h2-5,7,9,14H,6,8,10-13H2,1H3,(H,23,27). The van der Waals surface area contributed by atoms with Crippen molar-refractivity contribution in [2.24, 2.45) is 0 Å². The Bertz CT molecular complexity index is 802. The highest BCUT2D eigenvalue weighted by atomic mass is 19.1. The van der Waals surface area contributed by atoms with Gasteiger partial charge in [-0.1, -0.05) is 12.1 Å². The van der Waals surface area contributed by atoms with Crippen LogP contribution in [0.5, 0.6) is 0 Å². The summed E-state index contributed by atoms with van der Waals surface area (Å²) in [4.78, 5) is 31.9. The third-order valence-electron chi connectivity index (χ3n) is 4.68. The molecule has 2 heterocycles. The van der Waals surface area contributed by atoms with E-state index in [1.807, 2.05) is 11.0 Å². The zero-order valence-corrected chi connectivity index (χ0v) is 15.3. The van der Waals surface area contributed by atoms with E-state index in [4.69, 9.17) is 0 Å². The van der Waals surface area contributed by atoms with Crippen molar-refractivity contribution in [1.29, 1.82) is 0 Å². The summed E-state index contributed by atoms with van der Waals surface area (Å²) in [5.41, 5.74) is 2.25. The molecule has 1 aliphatic rings. The van der Waals surface area contributed by atoms with Gasteiger partial charge in [0, 0.05) is 51.5 Å². The summed E-state index contributed by atoms with van der Waals surface area (Å²) in [6, 6.07) is 9.89. The molecule has 0 saturated carbocycles. The Labute approximate surface area is 158 Å². The second-order valence-electron chi connectivity index (χ2n) is 6.52. The van der Waals surface area contributed by atoms with E-state index in [0.717, 1.165) is 24.3 Å². The van der Waals surface area contributed by atoms with Gasteiger partial charge in [-0.15, -0.1) is 0 Å². The fraction of sp³-hybridized carbons (Fsp3) is 0.350. The summed E-state index contributed by atoms with van der Waals surface area (Å²) in [7, 11) is 0. The van der Waals surface area contributed by atoms with Gasteiger partial charge in [0.05, 0.1) is 0 Å². The number of halogens is 1. The van der Waals surface area contributed by atoms with Crippen molar-refractivity contribution in [2.45, 2.75) is 13.3 Å². The number of carbonyl (C=O) groups is 2. The fourth-order valence-corrected chi connectivity index (χ4v) is 3.08. The number of aromatic nitrogens is 1. The van der Waals surface area contributed by atoms with Crippen LogP contribution in [-0.4, -0.2) is 54.4 Å². The first-order valence-electron chi connectivity index (χ1n) is 9.02. The Kier molecular flexibility index (Phi) is 6.01. The number of nitrogens with zero attached hydrogens (tertiary/aromatic N) is 3. The van der Waals surface area contributed by atoms with Gasteiger partial charge in [0.1, 0.15) is 11.5 Å². The van der Waals surface area contributed by atoms with Crippen LogP contribution in [0.15, 0.2) is 42.6 Å². The lowest BCUT2D eigenvalue weighted by Crippen LogP contribution is -2.48. The van der Waals surface area contributed by atoms with Gasteiger partial charge in [-0.3, -0.25) is 14.6 Å². The second-order valence-corrected chi connectivity index (χ2v) is 6.52. The molecular weight excluding hydrogens is 347 g/mol. The van der Waals surface area contributed by atoms with Gasteiger partial charge in [-0.2, -0.15) is 0 Å². The predicted octanol–water partition coefficient (Wildman–Crippen LogP) is 1.86. The average molecular weight is 370 g/mol. The largest absolute Gasteiger partial charge is 0.368 e. The zero-order chi connectivity index (χ0) is 19.2. The summed E-state index contributed by atoms with van der Waals surface area (Å²) in [5.74, 6) is -0.417. The maximum absolute atomic E-state index is 12.9. The van der Waals surface area contributed by atoms with Crippen LogP contribution in [-0.2, 0) is 11.2 Å². The average Bonchev–Trinajstić information content (AvgIpc) is 2.69. The van der Waals surface area contributed by atoms with Crippen LogP contribution < -0.4 is 10.2 Å². The molecule has 1 aromatic heterocycles. The summed E-state index contributed by atoms with van der Waals surface area (Å²) in [5, 5.41) is 2.85. The Morgan fingerprint density at radius 2 is 1.81 bits per heavy atom. The van der Waals surface area contributed by atoms with Crippen LogP contribution in [0, 0.1) is 5.82 Å². The van der Waals surface area contributed by atoms with Crippen LogP contribution in [0.25, 0.3) is 0 Å². The number of carbonyl (C=O) groups excluding carboxylic acids is 2. The van der Waals surface area contributed by atoms with Crippen molar-refractivity contribution in [1.82, 2.24) is 15.2 Å². The third kappa shape index (κ3) is 5.03. The molecule has 0 spiro atoms. The molecule has 2 aromatic rings. The molecule has 142 valence electrons. The molecule has 1 saturated heterocycles. The molecule has 1 aromatic carbocycles. The number of pyridine rings is 1. The maximum atomic E-state index is 12.9. The maximum Gasteiger partial charge on any atom is 0.269 e. The molecule has 7 heteroatoms. The number of piperazine rings is 1. The fourth-order valence-electron chi connectivity index (χ4n) is 3.08. The van der Waals surface area contributed by atoms with Gasteiger partial charge >= 0.3 is 0 Å². The number of nitrogens with one attached hydrogen (secondary N) is 1. The summed E-state index contributed by atoms with van der Waals surface area (Å²) >= 11 is 0. The summed E-state index contributed by atoms with van der Waals surface area (Å²) in [6.45, 7) is 4.85. The first kappa shape index (κ1) is 18.8. The molecule has 1 N–H and O–H groups in total. The van der Waals surface area contributed by atoms with E-state index in [0.29, 0.717) is 31.7 Å². The SMILES string of the molecule is CC(=O)N1CCN(c2ccnc(C(=O)NCCc3ccc(F)cc3)c2)CC1. The van der Waals surface area contributed by atoms with E-state index < -0.39 is 0 Å². The van der Waals surface area contributed by atoms with Gasteiger partial charge in [0.2, 0.25) is 5.91 Å². The molecule has 1 aliphatic heterocycles. The Morgan fingerprint density at radius 1 is 1.11 bits per heavy atom. The van der Waals surface area contributed by atoms with Gasteiger partial charge in [0.15, 0.2) is 0 Å². The number of amides is 2. The molecule has 27 heavy (non-hydrogen) atoms.